The van der Waals surface area contributed by atoms with E-state index in [9.17, 15) is 14.4 Å². The van der Waals surface area contributed by atoms with Crippen LogP contribution in [0.4, 0.5) is 5.69 Å². The Balaban J connectivity index is 1.92. The first-order valence-electron chi connectivity index (χ1n) is 9.04. The summed E-state index contributed by atoms with van der Waals surface area (Å²) in [6.45, 7) is 4.07. The van der Waals surface area contributed by atoms with Gasteiger partial charge in [-0.25, -0.2) is 4.79 Å². The molecule has 0 heterocycles. The van der Waals surface area contributed by atoms with Gasteiger partial charge in [0.15, 0.2) is 0 Å². The van der Waals surface area contributed by atoms with Crippen LogP contribution in [0.2, 0.25) is 0 Å². The molecule has 4 N–H and O–H groups in total. The van der Waals surface area contributed by atoms with Gasteiger partial charge in [0, 0.05) is 17.2 Å². The highest BCUT2D eigenvalue weighted by Crippen LogP contribution is 2.31. The lowest BCUT2D eigenvalue weighted by Crippen LogP contribution is -2.39. The summed E-state index contributed by atoms with van der Waals surface area (Å²) >= 11 is 0. The van der Waals surface area contributed by atoms with E-state index in [0.29, 0.717) is 17.8 Å². The Morgan fingerprint density at radius 1 is 1.23 bits per heavy atom. The number of hydrogen-bond acceptors (Lipinski definition) is 5. The van der Waals surface area contributed by atoms with Crippen molar-refractivity contribution in [2.45, 2.75) is 39.2 Å². The maximum Gasteiger partial charge on any atom is 0.328 e. The SMILES string of the molecule is CCOC(=O)C(C)NC(=O)c1ccc(NC(=O)[C@@H]2CCC[C@@H]2CN)cc1. The molecule has 1 unspecified atom stereocenters. The van der Waals surface area contributed by atoms with Crippen molar-refractivity contribution in [1.29, 1.82) is 0 Å². The molecule has 1 fully saturated rings. The molecule has 1 aliphatic rings. The Labute approximate surface area is 153 Å². The number of anilines is 1. The number of nitrogens with two attached hydrogens (primary N) is 1. The van der Waals surface area contributed by atoms with Crippen molar-refractivity contribution < 1.29 is 19.1 Å². The van der Waals surface area contributed by atoms with E-state index < -0.39 is 12.0 Å². The first kappa shape index (κ1) is 19.9. The lowest BCUT2D eigenvalue weighted by molar-refractivity contribution is -0.144. The molecule has 0 radical (unpaired) electrons. The van der Waals surface area contributed by atoms with Crippen molar-refractivity contribution in [3.05, 3.63) is 29.8 Å². The minimum absolute atomic E-state index is 0.0221. The molecule has 0 spiro atoms. The van der Waals surface area contributed by atoms with Gasteiger partial charge in [-0.2, -0.15) is 0 Å². The molecule has 2 amide bonds. The topological polar surface area (TPSA) is 111 Å². The highest BCUT2D eigenvalue weighted by atomic mass is 16.5. The molecule has 3 atom stereocenters. The first-order chi connectivity index (χ1) is 12.5. The van der Waals surface area contributed by atoms with Gasteiger partial charge in [-0.05, 0) is 63.4 Å². The van der Waals surface area contributed by atoms with Gasteiger partial charge in [0.2, 0.25) is 5.91 Å². The normalized spacial score (nSPS) is 20.3. The zero-order valence-electron chi connectivity index (χ0n) is 15.3. The van der Waals surface area contributed by atoms with Crippen LogP contribution in [0.3, 0.4) is 0 Å². The molecule has 26 heavy (non-hydrogen) atoms. The Hall–Kier alpha value is -2.41. The molecule has 1 aromatic rings. The predicted octanol–water partition coefficient (Wildman–Crippen LogP) is 1.68. The van der Waals surface area contributed by atoms with Gasteiger partial charge in [-0.1, -0.05) is 6.42 Å². The van der Waals surface area contributed by atoms with Crippen LogP contribution in [0.15, 0.2) is 24.3 Å². The fraction of sp³-hybridized carbons (Fsp3) is 0.526. The van der Waals surface area contributed by atoms with Crippen molar-refractivity contribution in [3.8, 4) is 0 Å². The van der Waals surface area contributed by atoms with Crippen LogP contribution in [0, 0.1) is 11.8 Å². The molecule has 1 saturated carbocycles. The maximum atomic E-state index is 12.4. The van der Waals surface area contributed by atoms with Gasteiger partial charge in [0.1, 0.15) is 6.04 Å². The minimum Gasteiger partial charge on any atom is -0.464 e. The molecule has 1 aliphatic carbocycles. The van der Waals surface area contributed by atoms with Crippen molar-refractivity contribution in [3.63, 3.8) is 0 Å². The van der Waals surface area contributed by atoms with Crippen LogP contribution in [0.25, 0.3) is 0 Å². The molecule has 0 aromatic heterocycles. The molecular formula is C19H27N3O4. The third-order valence-corrected chi connectivity index (χ3v) is 4.70. The van der Waals surface area contributed by atoms with Crippen molar-refractivity contribution in [2.24, 2.45) is 17.6 Å². The van der Waals surface area contributed by atoms with Crippen LogP contribution >= 0.6 is 0 Å². The average molecular weight is 361 g/mol. The summed E-state index contributed by atoms with van der Waals surface area (Å²) in [4.78, 5) is 36.1. The molecule has 142 valence electrons. The van der Waals surface area contributed by atoms with Crippen LogP contribution in [0.5, 0.6) is 0 Å². The molecule has 0 saturated heterocycles. The highest BCUT2D eigenvalue weighted by molar-refractivity contribution is 5.98. The van der Waals surface area contributed by atoms with Gasteiger partial charge in [-0.15, -0.1) is 0 Å². The fourth-order valence-corrected chi connectivity index (χ4v) is 3.21. The summed E-state index contributed by atoms with van der Waals surface area (Å²) < 4.78 is 4.86. The summed E-state index contributed by atoms with van der Waals surface area (Å²) in [6.07, 6.45) is 2.88. The van der Waals surface area contributed by atoms with Gasteiger partial charge in [-0.3, -0.25) is 9.59 Å². The third kappa shape index (κ3) is 5.05. The van der Waals surface area contributed by atoms with Gasteiger partial charge < -0.3 is 21.1 Å². The van der Waals surface area contributed by atoms with E-state index in [1.807, 2.05) is 0 Å². The number of carbonyl (C=O) groups is 3. The summed E-state index contributed by atoms with van der Waals surface area (Å²) in [6, 6.07) is 5.84. The second-order valence-electron chi connectivity index (χ2n) is 6.55. The van der Waals surface area contributed by atoms with Crippen LogP contribution in [-0.2, 0) is 14.3 Å². The van der Waals surface area contributed by atoms with Crippen molar-refractivity contribution in [1.82, 2.24) is 5.32 Å². The lowest BCUT2D eigenvalue weighted by Gasteiger charge is -2.17. The Morgan fingerprint density at radius 3 is 2.54 bits per heavy atom. The molecular weight excluding hydrogens is 334 g/mol. The average Bonchev–Trinajstić information content (AvgIpc) is 3.11. The van der Waals surface area contributed by atoms with Crippen LogP contribution in [-0.4, -0.2) is 37.0 Å². The second kappa shape index (κ2) is 9.33. The quantitative estimate of drug-likeness (QED) is 0.640. The van der Waals surface area contributed by atoms with E-state index in [1.165, 1.54) is 0 Å². The van der Waals surface area contributed by atoms with Gasteiger partial charge in [0.25, 0.3) is 5.91 Å². The number of ether oxygens (including phenoxy) is 1. The Morgan fingerprint density at radius 2 is 1.92 bits per heavy atom. The van der Waals surface area contributed by atoms with Crippen molar-refractivity contribution >= 4 is 23.5 Å². The number of hydrogen-bond donors (Lipinski definition) is 3. The molecule has 7 heteroatoms. The van der Waals surface area contributed by atoms with Gasteiger partial charge >= 0.3 is 5.97 Å². The Kier molecular flexibility index (Phi) is 7.15. The first-order valence-corrected chi connectivity index (χ1v) is 9.04. The van der Waals surface area contributed by atoms with Crippen LogP contribution in [0.1, 0.15) is 43.5 Å². The summed E-state index contributed by atoms with van der Waals surface area (Å²) in [5, 5.41) is 5.47. The molecule has 2 rings (SSSR count). The van der Waals surface area contributed by atoms with E-state index in [1.54, 1.807) is 38.1 Å². The highest BCUT2D eigenvalue weighted by Gasteiger charge is 2.31. The third-order valence-electron chi connectivity index (χ3n) is 4.70. The molecule has 7 nitrogen and oxygen atoms in total. The van der Waals surface area contributed by atoms with Crippen LogP contribution < -0.4 is 16.4 Å². The van der Waals surface area contributed by atoms with Crippen molar-refractivity contribution in [2.75, 3.05) is 18.5 Å². The van der Waals surface area contributed by atoms with E-state index in [2.05, 4.69) is 10.6 Å². The zero-order valence-corrected chi connectivity index (χ0v) is 15.3. The maximum absolute atomic E-state index is 12.4. The fourth-order valence-electron chi connectivity index (χ4n) is 3.21. The van der Waals surface area contributed by atoms with Gasteiger partial charge in [0.05, 0.1) is 6.61 Å². The van der Waals surface area contributed by atoms with E-state index in [4.69, 9.17) is 10.5 Å². The summed E-state index contributed by atoms with van der Waals surface area (Å²) in [7, 11) is 0. The number of rotatable bonds is 7. The number of esters is 1. The number of benzene rings is 1. The smallest absolute Gasteiger partial charge is 0.328 e. The molecule has 0 aliphatic heterocycles. The summed E-state index contributed by atoms with van der Waals surface area (Å²) in [5.74, 6) is -0.679. The number of amides is 2. The molecule has 1 aromatic carbocycles. The minimum atomic E-state index is -0.725. The number of carbonyl (C=O) groups excluding carboxylic acids is 3. The molecule has 0 bridgehead atoms. The second-order valence-corrected chi connectivity index (χ2v) is 6.55. The number of nitrogens with one attached hydrogen (secondary N) is 2. The van der Waals surface area contributed by atoms with E-state index in [-0.39, 0.29) is 30.3 Å². The zero-order chi connectivity index (χ0) is 19.1. The largest absolute Gasteiger partial charge is 0.464 e. The predicted molar refractivity (Wildman–Crippen MR) is 98.5 cm³/mol. The Bertz CT molecular complexity index is 645. The van der Waals surface area contributed by atoms with E-state index >= 15 is 0 Å². The lowest BCUT2D eigenvalue weighted by atomic mass is 9.95. The monoisotopic (exact) mass is 361 g/mol. The van der Waals surface area contributed by atoms with E-state index in [0.717, 1.165) is 19.3 Å². The summed E-state index contributed by atoms with van der Waals surface area (Å²) in [5.41, 5.74) is 6.77. The standard InChI is InChI=1S/C19H27N3O4/c1-3-26-19(25)12(2)21-17(23)13-7-9-15(10-8-13)22-18(24)16-6-4-5-14(16)11-20/h7-10,12,14,16H,3-6,11,20H2,1-2H3,(H,21,23)(H,22,24)/t12?,14-,16-/m1/s1.